The third-order valence-electron chi connectivity index (χ3n) is 4.23. The molecule has 20 heavy (non-hydrogen) atoms. The number of rotatable bonds is 5. The van der Waals surface area contributed by atoms with Crippen LogP contribution >= 0.6 is 15.9 Å². The van der Waals surface area contributed by atoms with Gasteiger partial charge in [0.05, 0.1) is 0 Å². The van der Waals surface area contributed by atoms with Crippen molar-refractivity contribution < 1.29 is 4.39 Å². The largest absolute Gasteiger partial charge is 0.314 e. The molecular weight excluding hydrogens is 317 g/mol. The van der Waals surface area contributed by atoms with E-state index in [1.807, 2.05) is 6.07 Å². The highest BCUT2D eigenvalue weighted by Gasteiger charge is 2.21. The van der Waals surface area contributed by atoms with Crippen molar-refractivity contribution in [1.82, 2.24) is 5.32 Å². The SMILES string of the molecule is CCCNC1CCCCC(Cc2cc(Br)ccc2F)C1. The maximum Gasteiger partial charge on any atom is 0.126 e. The summed E-state index contributed by atoms with van der Waals surface area (Å²) < 4.78 is 14.9. The molecule has 1 fully saturated rings. The highest BCUT2D eigenvalue weighted by molar-refractivity contribution is 9.10. The van der Waals surface area contributed by atoms with E-state index in [1.54, 1.807) is 12.1 Å². The molecule has 0 aliphatic heterocycles. The van der Waals surface area contributed by atoms with Crippen molar-refractivity contribution in [1.29, 1.82) is 0 Å². The predicted molar refractivity (Wildman–Crippen MR) is 86.5 cm³/mol. The monoisotopic (exact) mass is 341 g/mol. The van der Waals surface area contributed by atoms with Crippen LogP contribution in [0.25, 0.3) is 0 Å². The van der Waals surface area contributed by atoms with Gasteiger partial charge in [0, 0.05) is 10.5 Å². The predicted octanol–water partition coefficient (Wildman–Crippen LogP) is 5.08. The second kappa shape index (κ2) is 8.14. The van der Waals surface area contributed by atoms with Crippen molar-refractivity contribution in [2.45, 2.75) is 57.9 Å². The maximum atomic E-state index is 13.9. The highest BCUT2D eigenvalue weighted by Crippen LogP contribution is 2.28. The summed E-state index contributed by atoms with van der Waals surface area (Å²) in [6.45, 7) is 3.31. The van der Waals surface area contributed by atoms with E-state index in [-0.39, 0.29) is 5.82 Å². The van der Waals surface area contributed by atoms with E-state index in [9.17, 15) is 4.39 Å². The van der Waals surface area contributed by atoms with Gasteiger partial charge >= 0.3 is 0 Å². The summed E-state index contributed by atoms with van der Waals surface area (Å²) in [6.07, 6.45) is 8.33. The summed E-state index contributed by atoms with van der Waals surface area (Å²) in [5, 5.41) is 3.65. The van der Waals surface area contributed by atoms with Gasteiger partial charge in [-0.05, 0) is 61.9 Å². The lowest BCUT2D eigenvalue weighted by atomic mass is 9.91. The van der Waals surface area contributed by atoms with E-state index in [2.05, 4.69) is 28.2 Å². The first-order valence-corrected chi connectivity index (χ1v) is 8.65. The van der Waals surface area contributed by atoms with Gasteiger partial charge in [-0.2, -0.15) is 0 Å². The molecule has 0 aromatic heterocycles. The number of benzene rings is 1. The van der Waals surface area contributed by atoms with Crippen molar-refractivity contribution in [3.63, 3.8) is 0 Å². The van der Waals surface area contributed by atoms with Crippen molar-refractivity contribution in [2.24, 2.45) is 5.92 Å². The second-order valence-electron chi connectivity index (χ2n) is 5.98. The molecule has 1 aromatic carbocycles. The summed E-state index contributed by atoms with van der Waals surface area (Å²) in [5.74, 6) is 0.547. The molecule has 2 rings (SSSR count). The first-order valence-electron chi connectivity index (χ1n) is 7.86. The fourth-order valence-corrected chi connectivity index (χ4v) is 3.60. The van der Waals surface area contributed by atoms with Gasteiger partial charge in [-0.1, -0.05) is 42.1 Å². The number of hydrogen-bond donors (Lipinski definition) is 1. The molecule has 1 aliphatic rings. The maximum absolute atomic E-state index is 13.9. The Labute approximate surface area is 130 Å². The van der Waals surface area contributed by atoms with Crippen LogP contribution in [0, 0.1) is 11.7 Å². The smallest absolute Gasteiger partial charge is 0.126 e. The van der Waals surface area contributed by atoms with E-state index in [4.69, 9.17) is 0 Å². The normalized spacial score (nSPS) is 23.6. The molecular formula is C17H25BrFN. The van der Waals surface area contributed by atoms with E-state index in [0.29, 0.717) is 12.0 Å². The molecule has 0 saturated heterocycles. The van der Waals surface area contributed by atoms with Crippen LogP contribution in [0.2, 0.25) is 0 Å². The molecule has 0 heterocycles. The molecule has 1 N–H and O–H groups in total. The van der Waals surface area contributed by atoms with Gasteiger partial charge in [-0.25, -0.2) is 4.39 Å². The zero-order valence-corrected chi connectivity index (χ0v) is 13.9. The van der Waals surface area contributed by atoms with Gasteiger partial charge in [0.15, 0.2) is 0 Å². The number of halogens is 2. The first-order chi connectivity index (χ1) is 9.69. The lowest BCUT2D eigenvalue weighted by Crippen LogP contribution is -2.31. The molecule has 1 aromatic rings. The molecule has 0 amide bonds. The molecule has 1 saturated carbocycles. The average molecular weight is 342 g/mol. The van der Waals surface area contributed by atoms with Crippen LogP contribution in [-0.2, 0) is 6.42 Å². The number of nitrogens with one attached hydrogen (secondary N) is 1. The second-order valence-corrected chi connectivity index (χ2v) is 6.89. The molecule has 2 unspecified atom stereocenters. The Kier molecular flexibility index (Phi) is 6.50. The zero-order valence-electron chi connectivity index (χ0n) is 12.3. The summed E-state index contributed by atoms with van der Waals surface area (Å²) in [4.78, 5) is 0. The fourth-order valence-electron chi connectivity index (χ4n) is 3.19. The first kappa shape index (κ1) is 16.0. The number of hydrogen-bond acceptors (Lipinski definition) is 1. The van der Waals surface area contributed by atoms with Gasteiger partial charge in [0.1, 0.15) is 5.82 Å². The molecule has 112 valence electrons. The van der Waals surface area contributed by atoms with Crippen LogP contribution in [0.3, 0.4) is 0 Å². The minimum absolute atomic E-state index is 0.0597. The van der Waals surface area contributed by atoms with Crippen LogP contribution in [-0.4, -0.2) is 12.6 Å². The van der Waals surface area contributed by atoms with Crippen molar-refractivity contribution in [3.8, 4) is 0 Å². The minimum Gasteiger partial charge on any atom is -0.314 e. The third kappa shape index (κ3) is 4.85. The minimum atomic E-state index is -0.0597. The molecule has 3 heteroatoms. The highest BCUT2D eigenvalue weighted by atomic mass is 79.9. The Hall–Kier alpha value is -0.410. The van der Waals surface area contributed by atoms with Gasteiger partial charge in [-0.15, -0.1) is 0 Å². The Morgan fingerprint density at radius 2 is 2.10 bits per heavy atom. The molecule has 1 aliphatic carbocycles. The molecule has 0 radical (unpaired) electrons. The Morgan fingerprint density at radius 1 is 1.30 bits per heavy atom. The van der Waals surface area contributed by atoms with Crippen LogP contribution in [0.15, 0.2) is 22.7 Å². The molecule has 2 atom stereocenters. The van der Waals surface area contributed by atoms with E-state index in [0.717, 1.165) is 23.0 Å². The summed E-state index contributed by atoms with van der Waals surface area (Å²) >= 11 is 3.44. The fraction of sp³-hybridized carbons (Fsp3) is 0.647. The van der Waals surface area contributed by atoms with Gasteiger partial charge in [0.25, 0.3) is 0 Å². The van der Waals surface area contributed by atoms with Crippen molar-refractivity contribution >= 4 is 15.9 Å². The quantitative estimate of drug-likeness (QED) is 0.736. The van der Waals surface area contributed by atoms with Crippen molar-refractivity contribution in [3.05, 3.63) is 34.1 Å². The van der Waals surface area contributed by atoms with Crippen LogP contribution in [0.5, 0.6) is 0 Å². The summed E-state index contributed by atoms with van der Waals surface area (Å²) in [5.41, 5.74) is 0.862. The van der Waals surface area contributed by atoms with Gasteiger partial charge in [-0.3, -0.25) is 0 Å². The summed E-state index contributed by atoms with van der Waals surface area (Å²) in [7, 11) is 0. The van der Waals surface area contributed by atoms with E-state index in [1.165, 1.54) is 38.5 Å². The van der Waals surface area contributed by atoms with Crippen molar-refractivity contribution in [2.75, 3.05) is 6.54 Å². The van der Waals surface area contributed by atoms with Crippen LogP contribution < -0.4 is 5.32 Å². The standard InChI is InChI=1S/C17H25BrFN/c1-2-9-20-16-6-4-3-5-13(11-16)10-14-12-15(18)7-8-17(14)19/h7-8,12-13,16,20H,2-6,9-11H2,1H3. The lowest BCUT2D eigenvalue weighted by Gasteiger charge is -2.21. The Bertz CT molecular complexity index is 421. The van der Waals surface area contributed by atoms with Crippen LogP contribution in [0.1, 0.15) is 51.0 Å². The van der Waals surface area contributed by atoms with Gasteiger partial charge < -0.3 is 5.32 Å². The molecule has 0 spiro atoms. The zero-order chi connectivity index (χ0) is 14.4. The molecule has 0 bridgehead atoms. The molecule has 1 nitrogen and oxygen atoms in total. The van der Waals surface area contributed by atoms with E-state index >= 15 is 0 Å². The third-order valence-corrected chi connectivity index (χ3v) is 4.73. The topological polar surface area (TPSA) is 12.0 Å². The average Bonchev–Trinajstić information content (AvgIpc) is 2.66. The Morgan fingerprint density at radius 3 is 2.90 bits per heavy atom. The summed E-state index contributed by atoms with van der Waals surface area (Å²) in [6, 6.07) is 5.91. The Balaban J connectivity index is 1.97. The van der Waals surface area contributed by atoms with E-state index < -0.39 is 0 Å². The lowest BCUT2D eigenvalue weighted by molar-refractivity contribution is 0.380. The van der Waals surface area contributed by atoms with Crippen LogP contribution in [0.4, 0.5) is 4.39 Å². The van der Waals surface area contributed by atoms with Gasteiger partial charge in [0.2, 0.25) is 0 Å².